The van der Waals surface area contributed by atoms with Gasteiger partial charge in [0.25, 0.3) is 0 Å². The van der Waals surface area contributed by atoms with Gasteiger partial charge in [-0.05, 0) is 47.5 Å². The SMILES string of the molecule is Cc1cc(OC2CCCN(C(=O)OC(C)(C)C)C2)nc(C)n1. The molecule has 6 heteroatoms. The minimum Gasteiger partial charge on any atom is -0.472 e. The van der Waals surface area contributed by atoms with Gasteiger partial charge in [-0.3, -0.25) is 0 Å². The van der Waals surface area contributed by atoms with Crippen LogP contribution < -0.4 is 4.74 Å². The van der Waals surface area contributed by atoms with Crippen LogP contribution in [0.1, 0.15) is 45.1 Å². The molecule has 0 aliphatic carbocycles. The molecule has 0 N–H and O–H groups in total. The Morgan fingerprint density at radius 3 is 2.68 bits per heavy atom. The summed E-state index contributed by atoms with van der Waals surface area (Å²) in [6.45, 7) is 10.6. The molecule has 2 heterocycles. The molecule has 0 saturated carbocycles. The molecule has 1 atom stereocenters. The first kappa shape index (κ1) is 16.5. The fourth-order valence-electron chi connectivity index (χ4n) is 2.44. The maximum Gasteiger partial charge on any atom is 0.410 e. The van der Waals surface area contributed by atoms with Gasteiger partial charge in [0.15, 0.2) is 0 Å². The van der Waals surface area contributed by atoms with Crippen LogP contribution in [-0.4, -0.2) is 45.8 Å². The van der Waals surface area contributed by atoms with Crippen LogP contribution in [0.15, 0.2) is 6.07 Å². The molecule has 122 valence electrons. The fourth-order valence-corrected chi connectivity index (χ4v) is 2.44. The van der Waals surface area contributed by atoms with E-state index >= 15 is 0 Å². The summed E-state index contributed by atoms with van der Waals surface area (Å²) >= 11 is 0. The predicted octanol–water partition coefficient (Wildman–Crippen LogP) is 2.87. The summed E-state index contributed by atoms with van der Waals surface area (Å²) < 4.78 is 11.3. The standard InChI is InChI=1S/C16H25N3O3/c1-11-9-14(18-12(2)17-11)21-13-7-6-8-19(10-13)15(20)22-16(3,4)5/h9,13H,6-8,10H2,1-5H3. The zero-order valence-electron chi connectivity index (χ0n) is 14.0. The summed E-state index contributed by atoms with van der Waals surface area (Å²) in [5.74, 6) is 1.26. The van der Waals surface area contributed by atoms with Crippen molar-refractivity contribution in [1.29, 1.82) is 0 Å². The second-order valence-electron chi connectivity index (χ2n) is 6.70. The number of carbonyl (C=O) groups is 1. The van der Waals surface area contributed by atoms with E-state index in [1.807, 2.05) is 40.7 Å². The molecule has 1 aromatic rings. The highest BCUT2D eigenvalue weighted by Crippen LogP contribution is 2.19. The Labute approximate surface area is 131 Å². The van der Waals surface area contributed by atoms with Crippen molar-refractivity contribution in [3.8, 4) is 5.88 Å². The van der Waals surface area contributed by atoms with Crippen molar-refractivity contribution in [3.63, 3.8) is 0 Å². The number of likely N-dealkylation sites (tertiary alicyclic amines) is 1. The fraction of sp³-hybridized carbons (Fsp3) is 0.688. The normalized spacial score (nSPS) is 19.0. The van der Waals surface area contributed by atoms with Crippen LogP contribution in [0.5, 0.6) is 5.88 Å². The summed E-state index contributed by atoms with van der Waals surface area (Å²) in [6, 6.07) is 1.82. The van der Waals surface area contributed by atoms with Gasteiger partial charge >= 0.3 is 6.09 Å². The van der Waals surface area contributed by atoms with E-state index < -0.39 is 5.60 Å². The summed E-state index contributed by atoms with van der Waals surface area (Å²) in [4.78, 5) is 22.4. The highest BCUT2D eigenvalue weighted by atomic mass is 16.6. The lowest BCUT2D eigenvalue weighted by molar-refractivity contribution is 0.00717. The van der Waals surface area contributed by atoms with E-state index in [9.17, 15) is 4.79 Å². The van der Waals surface area contributed by atoms with Crippen LogP contribution in [0.3, 0.4) is 0 Å². The molecule has 22 heavy (non-hydrogen) atoms. The van der Waals surface area contributed by atoms with Gasteiger partial charge in [0.05, 0.1) is 6.54 Å². The molecule has 1 saturated heterocycles. The first-order valence-electron chi connectivity index (χ1n) is 7.70. The number of piperidine rings is 1. The Kier molecular flexibility index (Phi) is 4.88. The van der Waals surface area contributed by atoms with Crippen LogP contribution in [0.25, 0.3) is 0 Å². The number of aromatic nitrogens is 2. The Morgan fingerprint density at radius 1 is 1.32 bits per heavy atom. The lowest BCUT2D eigenvalue weighted by Gasteiger charge is -2.34. The first-order valence-corrected chi connectivity index (χ1v) is 7.70. The van der Waals surface area contributed by atoms with Gasteiger partial charge in [0, 0.05) is 18.3 Å². The van der Waals surface area contributed by atoms with Crippen molar-refractivity contribution < 1.29 is 14.3 Å². The van der Waals surface area contributed by atoms with Crippen molar-refractivity contribution in [2.45, 2.75) is 59.2 Å². The minimum atomic E-state index is -0.480. The molecule has 0 bridgehead atoms. The highest BCUT2D eigenvalue weighted by molar-refractivity contribution is 5.68. The lowest BCUT2D eigenvalue weighted by atomic mass is 10.1. The molecule has 2 rings (SSSR count). The summed E-state index contributed by atoms with van der Waals surface area (Å²) in [5.41, 5.74) is 0.397. The van der Waals surface area contributed by atoms with Gasteiger partial charge in [-0.1, -0.05) is 0 Å². The van der Waals surface area contributed by atoms with Crippen molar-refractivity contribution in [2.24, 2.45) is 0 Å². The number of carbonyl (C=O) groups excluding carboxylic acids is 1. The third kappa shape index (κ3) is 4.86. The topological polar surface area (TPSA) is 64.5 Å². The second-order valence-corrected chi connectivity index (χ2v) is 6.70. The van der Waals surface area contributed by atoms with E-state index in [4.69, 9.17) is 9.47 Å². The van der Waals surface area contributed by atoms with E-state index in [0.717, 1.165) is 18.5 Å². The lowest BCUT2D eigenvalue weighted by Crippen LogP contribution is -2.46. The number of ether oxygens (including phenoxy) is 2. The largest absolute Gasteiger partial charge is 0.472 e. The Balaban J connectivity index is 1.97. The minimum absolute atomic E-state index is 0.0602. The van der Waals surface area contributed by atoms with Crippen molar-refractivity contribution in [2.75, 3.05) is 13.1 Å². The van der Waals surface area contributed by atoms with Crippen LogP contribution in [0.4, 0.5) is 4.79 Å². The van der Waals surface area contributed by atoms with Gasteiger partial charge in [0.2, 0.25) is 5.88 Å². The van der Waals surface area contributed by atoms with E-state index in [0.29, 0.717) is 24.8 Å². The average Bonchev–Trinajstić information content (AvgIpc) is 2.35. The van der Waals surface area contributed by atoms with Crippen LogP contribution in [0, 0.1) is 13.8 Å². The smallest absolute Gasteiger partial charge is 0.410 e. The Bertz CT molecular complexity index is 520. The molecule has 6 nitrogen and oxygen atoms in total. The maximum atomic E-state index is 12.1. The number of amides is 1. The molecular weight excluding hydrogens is 282 g/mol. The third-order valence-corrected chi connectivity index (χ3v) is 3.26. The monoisotopic (exact) mass is 307 g/mol. The average molecular weight is 307 g/mol. The van der Waals surface area contributed by atoms with Gasteiger partial charge in [-0.2, -0.15) is 4.98 Å². The van der Waals surface area contributed by atoms with Crippen LogP contribution in [0.2, 0.25) is 0 Å². The highest BCUT2D eigenvalue weighted by Gasteiger charge is 2.28. The van der Waals surface area contributed by atoms with Gasteiger partial charge < -0.3 is 14.4 Å². The maximum absolute atomic E-state index is 12.1. The summed E-state index contributed by atoms with van der Waals surface area (Å²) in [6.07, 6.45) is 1.46. The quantitative estimate of drug-likeness (QED) is 0.840. The number of rotatable bonds is 2. The molecule has 1 unspecified atom stereocenters. The first-order chi connectivity index (χ1) is 10.2. The number of aryl methyl sites for hydroxylation is 2. The molecule has 1 aliphatic heterocycles. The van der Waals surface area contributed by atoms with Crippen molar-refractivity contribution in [3.05, 3.63) is 17.6 Å². The molecular formula is C16H25N3O3. The zero-order valence-corrected chi connectivity index (χ0v) is 14.0. The molecule has 1 fully saturated rings. The van der Waals surface area contributed by atoms with Crippen molar-refractivity contribution >= 4 is 6.09 Å². The Hall–Kier alpha value is -1.85. The molecule has 0 radical (unpaired) electrons. The van der Waals surface area contributed by atoms with Gasteiger partial charge in [-0.15, -0.1) is 0 Å². The summed E-state index contributed by atoms with van der Waals surface area (Å²) in [7, 11) is 0. The van der Waals surface area contributed by atoms with E-state index in [1.54, 1.807) is 4.90 Å². The number of hydrogen-bond donors (Lipinski definition) is 0. The predicted molar refractivity (Wildman–Crippen MR) is 83.0 cm³/mol. The van der Waals surface area contributed by atoms with E-state index in [2.05, 4.69) is 9.97 Å². The van der Waals surface area contributed by atoms with Crippen molar-refractivity contribution in [1.82, 2.24) is 14.9 Å². The van der Waals surface area contributed by atoms with E-state index in [-0.39, 0.29) is 12.2 Å². The van der Waals surface area contributed by atoms with Gasteiger partial charge in [-0.25, -0.2) is 9.78 Å². The molecule has 1 amide bonds. The molecule has 0 aromatic carbocycles. The number of nitrogens with zero attached hydrogens (tertiary/aromatic N) is 3. The molecule has 1 aliphatic rings. The Morgan fingerprint density at radius 2 is 2.05 bits per heavy atom. The second kappa shape index (κ2) is 6.50. The van der Waals surface area contributed by atoms with Crippen LogP contribution in [-0.2, 0) is 4.74 Å². The zero-order chi connectivity index (χ0) is 16.3. The molecule has 1 aromatic heterocycles. The number of hydrogen-bond acceptors (Lipinski definition) is 5. The molecule has 0 spiro atoms. The van der Waals surface area contributed by atoms with Gasteiger partial charge in [0.1, 0.15) is 17.5 Å². The van der Waals surface area contributed by atoms with Crippen LogP contribution >= 0.6 is 0 Å². The van der Waals surface area contributed by atoms with E-state index in [1.165, 1.54) is 0 Å². The third-order valence-electron chi connectivity index (χ3n) is 3.26. The summed E-state index contributed by atoms with van der Waals surface area (Å²) in [5, 5.41) is 0.